The normalized spacial score (nSPS) is 10.3. The van der Waals surface area contributed by atoms with Crippen molar-refractivity contribution in [2.45, 2.75) is 20.4 Å². The average Bonchev–Trinajstić information content (AvgIpc) is 2.39. The van der Waals surface area contributed by atoms with Crippen LogP contribution in [0.2, 0.25) is 0 Å². The molecule has 0 saturated carbocycles. The van der Waals surface area contributed by atoms with Gasteiger partial charge in [-0.3, -0.25) is 10.2 Å². The molecule has 4 heteroatoms. The molecular weight excluding hydrogens is 252 g/mol. The maximum atomic E-state index is 12.0. The highest BCUT2D eigenvalue weighted by Gasteiger charge is 2.06. The lowest BCUT2D eigenvalue weighted by atomic mass is 10.1. The van der Waals surface area contributed by atoms with Gasteiger partial charge in [0.05, 0.1) is 0 Å². The minimum absolute atomic E-state index is 0.188. The van der Waals surface area contributed by atoms with E-state index in [-0.39, 0.29) is 11.7 Å². The Morgan fingerprint density at radius 2 is 1.75 bits per heavy atom. The Morgan fingerprint density at radius 3 is 2.40 bits per heavy atom. The Balaban J connectivity index is 1.94. The van der Waals surface area contributed by atoms with Crippen molar-refractivity contribution in [2.75, 3.05) is 0 Å². The van der Waals surface area contributed by atoms with Crippen molar-refractivity contribution in [1.29, 1.82) is 0 Å². The third kappa shape index (κ3) is 3.59. The molecule has 0 atom stereocenters. The van der Waals surface area contributed by atoms with Crippen LogP contribution in [0.5, 0.6) is 5.75 Å². The molecule has 0 saturated heterocycles. The predicted molar refractivity (Wildman–Crippen MR) is 78.3 cm³/mol. The number of rotatable bonds is 4. The quantitative estimate of drug-likeness (QED) is 0.748. The van der Waals surface area contributed by atoms with E-state index in [0.29, 0.717) is 12.1 Å². The second-order valence-corrected chi connectivity index (χ2v) is 4.81. The molecule has 4 nitrogen and oxygen atoms in total. The van der Waals surface area contributed by atoms with E-state index in [4.69, 9.17) is 0 Å². The van der Waals surface area contributed by atoms with Crippen LogP contribution in [0.3, 0.4) is 0 Å². The van der Waals surface area contributed by atoms with Crippen LogP contribution in [0.4, 0.5) is 0 Å². The van der Waals surface area contributed by atoms with Crippen LogP contribution in [0.1, 0.15) is 27.0 Å². The minimum Gasteiger partial charge on any atom is -0.508 e. The average molecular weight is 270 g/mol. The van der Waals surface area contributed by atoms with E-state index in [1.807, 2.05) is 38.1 Å². The van der Waals surface area contributed by atoms with Crippen LogP contribution in [-0.2, 0) is 6.54 Å². The van der Waals surface area contributed by atoms with E-state index in [0.717, 1.165) is 16.7 Å². The molecule has 0 heterocycles. The van der Waals surface area contributed by atoms with Crippen LogP contribution >= 0.6 is 0 Å². The molecule has 0 aromatic heterocycles. The summed E-state index contributed by atoms with van der Waals surface area (Å²) in [6, 6.07) is 12.7. The predicted octanol–water partition coefficient (Wildman–Crippen LogP) is 2.44. The molecule has 2 aromatic carbocycles. The Morgan fingerprint density at radius 1 is 1.10 bits per heavy atom. The lowest BCUT2D eigenvalue weighted by Gasteiger charge is -2.09. The van der Waals surface area contributed by atoms with E-state index in [1.54, 1.807) is 18.2 Å². The number of carbonyl (C=O) groups excluding carboxylic acids is 1. The Hall–Kier alpha value is -2.33. The molecule has 0 fully saturated rings. The van der Waals surface area contributed by atoms with Crippen molar-refractivity contribution >= 4 is 5.91 Å². The number of hydrogen-bond acceptors (Lipinski definition) is 3. The van der Waals surface area contributed by atoms with Crippen molar-refractivity contribution in [3.63, 3.8) is 0 Å². The SMILES string of the molecule is Cc1cc(C)cc(C(=O)NNCc2ccccc2O)c1. The van der Waals surface area contributed by atoms with E-state index in [2.05, 4.69) is 10.9 Å². The molecule has 0 unspecified atom stereocenters. The summed E-state index contributed by atoms with van der Waals surface area (Å²) in [4.78, 5) is 12.0. The van der Waals surface area contributed by atoms with Gasteiger partial charge in [0.15, 0.2) is 0 Å². The van der Waals surface area contributed by atoms with Gasteiger partial charge < -0.3 is 5.11 Å². The minimum atomic E-state index is -0.188. The molecule has 0 aliphatic rings. The number of nitrogens with one attached hydrogen (secondary N) is 2. The number of benzene rings is 2. The second kappa shape index (κ2) is 6.21. The number of hydrazine groups is 1. The zero-order valence-electron chi connectivity index (χ0n) is 11.6. The number of phenolic OH excluding ortho intramolecular Hbond substituents is 1. The molecule has 104 valence electrons. The monoisotopic (exact) mass is 270 g/mol. The third-order valence-corrected chi connectivity index (χ3v) is 2.96. The fourth-order valence-electron chi connectivity index (χ4n) is 2.06. The largest absolute Gasteiger partial charge is 0.508 e. The van der Waals surface area contributed by atoms with Gasteiger partial charge in [0.25, 0.3) is 5.91 Å². The number of aryl methyl sites for hydroxylation is 2. The summed E-state index contributed by atoms with van der Waals surface area (Å²) in [5, 5.41) is 9.61. The molecule has 0 radical (unpaired) electrons. The first-order chi connectivity index (χ1) is 9.56. The summed E-state index contributed by atoms with van der Waals surface area (Å²) in [6.45, 7) is 4.28. The van der Waals surface area contributed by atoms with Gasteiger partial charge >= 0.3 is 0 Å². The van der Waals surface area contributed by atoms with E-state index >= 15 is 0 Å². The summed E-state index contributed by atoms with van der Waals surface area (Å²) in [5.41, 5.74) is 8.90. The zero-order valence-corrected chi connectivity index (χ0v) is 11.6. The summed E-state index contributed by atoms with van der Waals surface area (Å²) in [7, 11) is 0. The summed E-state index contributed by atoms with van der Waals surface area (Å²) in [6.07, 6.45) is 0. The van der Waals surface area contributed by atoms with Crippen LogP contribution in [0.15, 0.2) is 42.5 Å². The van der Waals surface area contributed by atoms with Gasteiger partial charge in [0, 0.05) is 17.7 Å². The van der Waals surface area contributed by atoms with Gasteiger partial charge in [0.1, 0.15) is 5.75 Å². The van der Waals surface area contributed by atoms with Crippen molar-refractivity contribution in [3.05, 3.63) is 64.7 Å². The molecular formula is C16H18N2O2. The number of phenols is 1. The molecule has 0 aliphatic heterocycles. The van der Waals surface area contributed by atoms with Crippen molar-refractivity contribution < 1.29 is 9.90 Å². The molecule has 0 aliphatic carbocycles. The molecule has 3 N–H and O–H groups in total. The summed E-state index contributed by atoms with van der Waals surface area (Å²) < 4.78 is 0. The first-order valence-electron chi connectivity index (χ1n) is 6.44. The summed E-state index contributed by atoms with van der Waals surface area (Å²) >= 11 is 0. The topological polar surface area (TPSA) is 61.4 Å². The zero-order chi connectivity index (χ0) is 14.5. The lowest BCUT2D eigenvalue weighted by molar-refractivity contribution is 0.0932. The van der Waals surface area contributed by atoms with Gasteiger partial charge in [-0.05, 0) is 32.0 Å². The van der Waals surface area contributed by atoms with Crippen LogP contribution in [0, 0.1) is 13.8 Å². The van der Waals surface area contributed by atoms with Crippen molar-refractivity contribution in [2.24, 2.45) is 0 Å². The fourth-order valence-corrected chi connectivity index (χ4v) is 2.06. The van der Waals surface area contributed by atoms with E-state index in [1.165, 1.54) is 0 Å². The van der Waals surface area contributed by atoms with Gasteiger partial charge in [-0.1, -0.05) is 35.4 Å². The number of para-hydroxylation sites is 1. The molecule has 20 heavy (non-hydrogen) atoms. The fraction of sp³-hybridized carbons (Fsp3) is 0.188. The number of aromatic hydroxyl groups is 1. The molecule has 1 amide bonds. The van der Waals surface area contributed by atoms with Gasteiger partial charge in [0.2, 0.25) is 0 Å². The van der Waals surface area contributed by atoms with E-state index < -0.39 is 0 Å². The maximum Gasteiger partial charge on any atom is 0.265 e. The highest BCUT2D eigenvalue weighted by molar-refractivity contribution is 5.94. The van der Waals surface area contributed by atoms with Crippen molar-refractivity contribution in [1.82, 2.24) is 10.9 Å². The van der Waals surface area contributed by atoms with Crippen LogP contribution < -0.4 is 10.9 Å². The Kier molecular flexibility index (Phi) is 4.38. The lowest BCUT2D eigenvalue weighted by Crippen LogP contribution is -2.36. The molecule has 2 aromatic rings. The second-order valence-electron chi connectivity index (χ2n) is 4.81. The van der Waals surface area contributed by atoms with E-state index in [9.17, 15) is 9.90 Å². The number of carbonyl (C=O) groups is 1. The highest BCUT2D eigenvalue weighted by atomic mass is 16.3. The van der Waals surface area contributed by atoms with Crippen molar-refractivity contribution in [3.8, 4) is 5.75 Å². The summed E-state index contributed by atoms with van der Waals surface area (Å²) in [5.74, 6) is 0.0212. The smallest absolute Gasteiger partial charge is 0.265 e. The third-order valence-electron chi connectivity index (χ3n) is 2.96. The molecule has 0 spiro atoms. The van der Waals surface area contributed by atoms with Crippen LogP contribution in [-0.4, -0.2) is 11.0 Å². The highest BCUT2D eigenvalue weighted by Crippen LogP contribution is 2.14. The van der Waals surface area contributed by atoms with Gasteiger partial charge in [-0.2, -0.15) is 0 Å². The first kappa shape index (κ1) is 14.1. The standard InChI is InChI=1S/C16H18N2O2/c1-11-7-12(2)9-14(8-11)16(20)18-17-10-13-5-3-4-6-15(13)19/h3-9,17,19H,10H2,1-2H3,(H,18,20). The van der Waals surface area contributed by atoms with Crippen LogP contribution in [0.25, 0.3) is 0 Å². The number of amides is 1. The number of hydrogen-bond donors (Lipinski definition) is 3. The maximum absolute atomic E-state index is 12.0. The first-order valence-corrected chi connectivity index (χ1v) is 6.44. The van der Waals surface area contributed by atoms with Gasteiger partial charge in [-0.25, -0.2) is 5.43 Å². The Bertz CT molecular complexity index is 603. The van der Waals surface area contributed by atoms with Gasteiger partial charge in [-0.15, -0.1) is 0 Å². The molecule has 2 rings (SSSR count). The Labute approximate surface area is 118 Å². The molecule has 0 bridgehead atoms.